The number of ether oxygens (including phenoxy) is 2. The highest BCUT2D eigenvalue weighted by atomic mass is 16.5. The Morgan fingerprint density at radius 2 is 1.16 bits per heavy atom. The van der Waals surface area contributed by atoms with Gasteiger partial charge >= 0.3 is 0 Å². The Balaban J connectivity index is 1.43. The van der Waals surface area contributed by atoms with Gasteiger partial charge in [0.25, 0.3) is 0 Å². The quantitative estimate of drug-likeness (QED) is 0.436. The van der Waals surface area contributed by atoms with Crippen molar-refractivity contribution in [1.29, 1.82) is 0 Å². The monoisotopic (exact) mass is 424 g/mol. The standard InChI is InChI=1S/C28H24O4/c1-19-3-13-25(14-4-19)32-26-17-11-23(12-18-26)28(30)21-7-5-20(6-8-21)27(29)22-9-15-24(31-2)16-10-22/h3,5-19H,4H2,1-2H3. The van der Waals surface area contributed by atoms with Crippen LogP contribution < -0.4 is 9.47 Å². The van der Waals surface area contributed by atoms with Gasteiger partial charge in [0.15, 0.2) is 11.6 Å². The summed E-state index contributed by atoms with van der Waals surface area (Å²) in [5.41, 5.74) is 2.18. The van der Waals surface area contributed by atoms with Crippen molar-refractivity contribution < 1.29 is 19.1 Å². The highest BCUT2D eigenvalue weighted by molar-refractivity contribution is 6.11. The first-order chi connectivity index (χ1) is 15.5. The predicted molar refractivity (Wildman–Crippen MR) is 124 cm³/mol. The molecule has 0 N–H and O–H groups in total. The van der Waals surface area contributed by atoms with E-state index in [9.17, 15) is 9.59 Å². The predicted octanol–water partition coefficient (Wildman–Crippen LogP) is 6.02. The zero-order valence-corrected chi connectivity index (χ0v) is 18.1. The van der Waals surface area contributed by atoms with Crippen LogP contribution in [0.25, 0.3) is 0 Å². The Kier molecular flexibility index (Phi) is 6.31. The summed E-state index contributed by atoms with van der Waals surface area (Å²) in [5, 5.41) is 0. The highest BCUT2D eigenvalue weighted by Crippen LogP contribution is 2.22. The summed E-state index contributed by atoms with van der Waals surface area (Å²) in [6.07, 6.45) is 7.12. The number of carbonyl (C=O) groups is 2. The molecule has 0 spiro atoms. The summed E-state index contributed by atoms with van der Waals surface area (Å²) in [6, 6.07) is 20.8. The number of rotatable bonds is 7. The largest absolute Gasteiger partial charge is 0.497 e. The zero-order chi connectivity index (χ0) is 22.5. The summed E-state index contributed by atoms with van der Waals surface area (Å²) >= 11 is 0. The molecule has 0 aliphatic heterocycles. The normalized spacial score (nSPS) is 15.1. The molecule has 32 heavy (non-hydrogen) atoms. The second-order valence-electron chi connectivity index (χ2n) is 7.77. The molecule has 0 aromatic heterocycles. The first-order valence-electron chi connectivity index (χ1n) is 10.5. The van der Waals surface area contributed by atoms with Gasteiger partial charge in [0.2, 0.25) is 0 Å². The van der Waals surface area contributed by atoms with Gasteiger partial charge in [0.1, 0.15) is 17.3 Å². The van der Waals surface area contributed by atoms with Gasteiger partial charge in [0, 0.05) is 22.3 Å². The molecule has 4 rings (SSSR count). The van der Waals surface area contributed by atoms with E-state index in [4.69, 9.17) is 9.47 Å². The van der Waals surface area contributed by atoms with Crippen LogP contribution in [0.2, 0.25) is 0 Å². The molecule has 1 atom stereocenters. The molecule has 0 amide bonds. The Bertz CT molecular complexity index is 1170. The van der Waals surface area contributed by atoms with E-state index >= 15 is 0 Å². The van der Waals surface area contributed by atoms with Crippen LogP contribution in [0.15, 0.2) is 96.8 Å². The Hall–Kier alpha value is -3.92. The number of allylic oxidation sites excluding steroid dienone is 3. The van der Waals surface area contributed by atoms with Crippen LogP contribution in [-0.2, 0) is 0 Å². The van der Waals surface area contributed by atoms with Crippen LogP contribution in [0.3, 0.4) is 0 Å². The lowest BCUT2D eigenvalue weighted by Crippen LogP contribution is -2.05. The summed E-state index contributed by atoms with van der Waals surface area (Å²) in [4.78, 5) is 25.5. The van der Waals surface area contributed by atoms with Gasteiger partial charge in [-0.15, -0.1) is 0 Å². The van der Waals surface area contributed by atoms with Crippen LogP contribution >= 0.6 is 0 Å². The van der Waals surface area contributed by atoms with Crippen molar-refractivity contribution in [2.75, 3.05) is 7.11 Å². The van der Waals surface area contributed by atoms with E-state index < -0.39 is 0 Å². The fourth-order valence-corrected chi connectivity index (χ4v) is 3.44. The number of benzene rings is 3. The van der Waals surface area contributed by atoms with E-state index in [0.29, 0.717) is 39.7 Å². The number of methoxy groups -OCH3 is 1. The van der Waals surface area contributed by atoms with Gasteiger partial charge in [0.05, 0.1) is 7.11 Å². The lowest BCUT2D eigenvalue weighted by atomic mass is 9.98. The Morgan fingerprint density at radius 1 is 0.719 bits per heavy atom. The Morgan fingerprint density at radius 3 is 1.56 bits per heavy atom. The molecule has 1 aliphatic carbocycles. The first kappa shape index (κ1) is 21.3. The molecule has 0 bridgehead atoms. The molecule has 3 aromatic rings. The third-order valence-corrected chi connectivity index (χ3v) is 5.39. The molecule has 0 fully saturated rings. The smallest absolute Gasteiger partial charge is 0.193 e. The van der Waals surface area contributed by atoms with E-state index in [1.807, 2.05) is 6.08 Å². The lowest BCUT2D eigenvalue weighted by molar-refractivity contribution is 0.102. The SMILES string of the molecule is COc1ccc(C(=O)c2ccc(C(=O)c3ccc(OC4=CCC(C)C=C4)cc3)cc2)cc1. The fraction of sp³-hybridized carbons (Fsp3) is 0.143. The third-order valence-electron chi connectivity index (χ3n) is 5.39. The molecule has 160 valence electrons. The van der Waals surface area contributed by atoms with Gasteiger partial charge in [-0.2, -0.15) is 0 Å². The average molecular weight is 424 g/mol. The number of hydrogen-bond donors (Lipinski definition) is 0. The maximum atomic E-state index is 12.8. The zero-order valence-electron chi connectivity index (χ0n) is 18.1. The van der Waals surface area contributed by atoms with Crippen molar-refractivity contribution in [3.05, 3.63) is 119 Å². The topological polar surface area (TPSA) is 52.6 Å². The summed E-state index contributed by atoms with van der Waals surface area (Å²) in [7, 11) is 1.58. The minimum Gasteiger partial charge on any atom is -0.497 e. The maximum absolute atomic E-state index is 12.8. The molecule has 1 aliphatic rings. The second kappa shape index (κ2) is 9.48. The van der Waals surface area contributed by atoms with Gasteiger partial charge in [-0.25, -0.2) is 0 Å². The van der Waals surface area contributed by atoms with Crippen molar-refractivity contribution in [3.8, 4) is 11.5 Å². The van der Waals surface area contributed by atoms with Crippen LogP contribution in [0.1, 0.15) is 45.2 Å². The summed E-state index contributed by atoms with van der Waals surface area (Å²) in [5.74, 6) is 2.52. The molecule has 1 unspecified atom stereocenters. The summed E-state index contributed by atoms with van der Waals surface area (Å²) < 4.78 is 11.0. The van der Waals surface area contributed by atoms with E-state index in [1.54, 1.807) is 79.9 Å². The van der Waals surface area contributed by atoms with Crippen molar-refractivity contribution in [2.45, 2.75) is 13.3 Å². The molecule has 0 saturated carbocycles. The molecule has 4 heteroatoms. The maximum Gasteiger partial charge on any atom is 0.193 e. The molecular formula is C28H24O4. The number of hydrogen-bond acceptors (Lipinski definition) is 4. The Labute approximate surface area is 187 Å². The van der Waals surface area contributed by atoms with Gasteiger partial charge in [-0.1, -0.05) is 37.3 Å². The fourth-order valence-electron chi connectivity index (χ4n) is 3.44. The molecule has 0 heterocycles. The summed E-state index contributed by atoms with van der Waals surface area (Å²) in [6.45, 7) is 2.16. The molecule has 0 radical (unpaired) electrons. The molecule has 0 saturated heterocycles. The minimum atomic E-state index is -0.106. The van der Waals surface area contributed by atoms with Gasteiger partial charge < -0.3 is 9.47 Å². The minimum absolute atomic E-state index is 0.103. The van der Waals surface area contributed by atoms with E-state index in [0.717, 1.165) is 12.2 Å². The van der Waals surface area contributed by atoms with Crippen LogP contribution in [0.5, 0.6) is 11.5 Å². The third kappa shape index (κ3) is 4.86. The van der Waals surface area contributed by atoms with E-state index in [-0.39, 0.29) is 11.6 Å². The van der Waals surface area contributed by atoms with Crippen LogP contribution in [0.4, 0.5) is 0 Å². The van der Waals surface area contributed by atoms with E-state index in [2.05, 4.69) is 19.1 Å². The first-order valence-corrected chi connectivity index (χ1v) is 10.5. The lowest BCUT2D eigenvalue weighted by Gasteiger charge is -2.13. The molecule has 3 aromatic carbocycles. The number of ketones is 2. The van der Waals surface area contributed by atoms with Gasteiger partial charge in [-0.3, -0.25) is 9.59 Å². The van der Waals surface area contributed by atoms with Gasteiger partial charge in [-0.05, 0) is 73.0 Å². The van der Waals surface area contributed by atoms with E-state index in [1.165, 1.54) is 0 Å². The van der Waals surface area contributed by atoms with Crippen molar-refractivity contribution in [2.24, 2.45) is 5.92 Å². The average Bonchev–Trinajstić information content (AvgIpc) is 2.85. The van der Waals surface area contributed by atoms with Crippen molar-refractivity contribution in [1.82, 2.24) is 0 Å². The van der Waals surface area contributed by atoms with Crippen LogP contribution in [-0.4, -0.2) is 18.7 Å². The highest BCUT2D eigenvalue weighted by Gasteiger charge is 2.13. The van der Waals surface area contributed by atoms with Crippen molar-refractivity contribution >= 4 is 11.6 Å². The van der Waals surface area contributed by atoms with Crippen molar-refractivity contribution in [3.63, 3.8) is 0 Å². The number of carbonyl (C=O) groups excluding carboxylic acids is 2. The molecular weight excluding hydrogens is 400 g/mol. The molecule has 4 nitrogen and oxygen atoms in total. The second-order valence-corrected chi connectivity index (χ2v) is 7.77. The van der Waals surface area contributed by atoms with Crippen LogP contribution in [0, 0.1) is 5.92 Å².